The highest BCUT2D eigenvalue weighted by atomic mass is 32.1. The van der Waals surface area contributed by atoms with Gasteiger partial charge in [0, 0.05) is 18.8 Å². The molecule has 0 fully saturated rings. The van der Waals surface area contributed by atoms with Gasteiger partial charge >= 0.3 is 0 Å². The van der Waals surface area contributed by atoms with Crippen LogP contribution in [0.15, 0.2) is 29.9 Å². The van der Waals surface area contributed by atoms with Crippen LogP contribution in [-0.2, 0) is 13.2 Å². The van der Waals surface area contributed by atoms with E-state index < -0.39 is 0 Å². The molecule has 1 aromatic carbocycles. The molecule has 0 aliphatic heterocycles. The number of rotatable bonds is 6. The van der Waals surface area contributed by atoms with Crippen LogP contribution in [0.4, 0.5) is 4.39 Å². The molecule has 1 aromatic heterocycles. The van der Waals surface area contributed by atoms with Crippen molar-refractivity contribution in [3.8, 4) is 5.75 Å². The van der Waals surface area contributed by atoms with E-state index in [0.29, 0.717) is 19.2 Å². The highest BCUT2D eigenvalue weighted by Crippen LogP contribution is 2.20. The number of thiazole rings is 1. The smallest absolute Gasteiger partial charge is 0.165 e. The van der Waals surface area contributed by atoms with E-state index in [4.69, 9.17) is 4.74 Å². The van der Waals surface area contributed by atoms with Crippen molar-refractivity contribution in [1.82, 2.24) is 10.3 Å². The molecule has 0 atom stereocenters. The monoisotopic (exact) mass is 280 g/mol. The molecule has 0 aliphatic rings. The Morgan fingerprint density at radius 1 is 1.42 bits per heavy atom. The van der Waals surface area contributed by atoms with E-state index in [9.17, 15) is 4.39 Å². The predicted molar refractivity (Wildman–Crippen MR) is 74.8 cm³/mol. The number of halogens is 1. The zero-order chi connectivity index (χ0) is 13.7. The molecule has 102 valence electrons. The second-order valence-electron chi connectivity index (χ2n) is 4.56. The second kappa shape index (κ2) is 6.63. The van der Waals surface area contributed by atoms with Gasteiger partial charge in [0.15, 0.2) is 11.6 Å². The highest BCUT2D eigenvalue weighted by molar-refractivity contribution is 7.09. The first-order valence-corrected chi connectivity index (χ1v) is 7.05. The van der Waals surface area contributed by atoms with Gasteiger partial charge in [-0.15, -0.1) is 11.3 Å². The van der Waals surface area contributed by atoms with E-state index in [2.05, 4.69) is 24.1 Å². The maximum absolute atomic E-state index is 13.8. The van der Waals surface area contributed by atoms with E-state index in [-0.39, 0.29) is 11.6 Å². The molecule has 2 aromatic rings. The van der Waals surface area contributed by atoms with Gasteiger partial charge in [-0.25, -0.2) is 4.39 Å². The van der Waals surface area contributed by atoms with E-state index >= 15 is 0 Å². The SMILES string of the molecule is CC(C)NCc1ccc(OCc2cncs2)c(F)c1. The summed E-state index contributed by atoms with van der Waals surface area (Å²) in [5.41, 5.74) is 2.65. The molecule has 0 aliphatic carbocycles. The van der Waals surface area contributed by atoms with Gasteiger partial charge in [0.05, 0.1) is 10.4 Å². The van der Waals surface area contributed by atoms with Crippen molar-refractivity contribution in [2.24, 2.45) is 0 Å². The van der Waals surface area contributed by atoms with Crippen LogP contribution in [-0.4, -0.2) is 11.0 Å². The summed E-state index contributed by atoms with van der Waals surface area (Å²) in [6.07, 6.45) is 1.73. The molecule has 2 rings (SSSR count). The van der Waals surface area contributed by atoms with Crippen molar-refractivity contribution < 1.29 is 9.13 Å². The molecule has 3 nitrogen and oxygen atoms in total. The maximum atomic E-state index is 13.8. The minimum atomic E-state index is -0.326. The molecule has 0 bridgehead atoms. The predicted octanol–water partition coefficient (Wildman–Crippen LogP) is 3.36. The fourth-order valence-electron chi connectivity index (χ4n) is 1.56. The van der Waals surface area contributed by atoms with Gasteiger partial charge in [-0.05, 0) is 17.7 Å². The van der Waals surface area contributed by atoms with Gasteiger partial charge in [-0.3, -0.25) is 4.98 Å². The Balaban J connectivity index is 1.94. The average Bonchev–Trinajstić information content (AvgIpc) is 2.88. The standard InChI is InChI=1S/C14H17FN2OS/c1-10(2)17-6-11-3-4-14(13(15)5-11)18-8-12-7-16-9-19-12/h3-5,7,9-10,17H,6,8H2,1-2H3. The van der Waals surface area contributed by atoms with Gasteiger partial charge in [-0.1, -0.05) is 19.9 Å². The number of benzene rings is 1. The molecule has 0 saturated heterocycles. The zero-order valence-corrected chi connectivity index (χ0v) is 11.8. The first-order valence-electron chi connectivity index (χ1n) is 6.17. The molecule has 1 heterocycles. The van der Waals surface area contributed by atoms with Gasteiger partial charge < -0.3 is 10.1 Å². The Labute approximate surface area is 116 Å². The van der Waals surface area contributed by atoms with Crippen molar-refractivity contribution >= 4 is 11.3 Å². The normalized spacial score (nSPS) is 10.9. The van der Waals surface area contributed by atoms with Gasteiger partial charge in [0.2, 0.25) is 0 Å². The van der Waals surface area contributed by atoms with E-state index in [0.717, 1.165) is 10.4 Å². The molecule has 0 unspecified atom stereocenters. The summed E-state index contributed by atoms with van der Waals surface area (Å²) in [5.74, 6) is -0.0470. The van der Waals surface area contributed by atoms with Gasteiger partial charge in [0.25, 0.3) is 0 Å². The Bertz CT molecular complexity index is 514. The average molecular weight is 280 g/mol. The Kier molecular flexibility index (Phi) is 4.87. The highest BCUT2D eigenvalue weighted by Gasteiger charge is 2.06. The van der Waals surface area contributed by atoms with Crippen LogP contribution in [0.2, 0.25) is 0 Å². The lowest BCUT2D eigenvalue weighted by atomic mass is 10.2. The number of ether oxygens (including phenoxy) is 1. The first-order chi connectivity index (χ1) is 9.15. The quantitative estimate of drug-likeness (QED) is 0.881. The van der Waals surface area contributed by atoms with E-state index in [1.54, 1.807) is 17.8 Å². The van der Waals surface area contributed by atoms with Crippen LogP contribution in [0.5, 0.6) is 5.75 Å². The Morgan fingerprint density at radius 3 is 2.89 bits per heavy atom. The summed E-state index contributed by atoms with van der Waals surface area (Å²) in [4.78, 5) is 4.93. The first kappa shape index (κ1) is 14.0. The largest absolute Gasteiger partial charge is 0.485 e. The molecule has 0 amide bonds. The minimum Gasteiger partial charge on any atom is -0.485 e. The Hall–Kier alpha value is -1.46. The number of nitrogens with zero attached hydrogens (tertiary/aromatic N) is 1. The van der Waals surface area contributed by atoms with Gasteiger partial charge in [-0.2, -0.15) is 0 Å². The zero-order valence-electron chi connectivity index (χ0n) is 11.0. The second-order valence-corrected chi connectivity index (χ2v) is 5.53. The summed E-state index contributed by atoms with van der Waals surface area (Å²) < 4.78 is 19.3. The topological polar surface area (TPSA) is 34.1 Å². The van der Waals surface area contributed by atoms with Crippen LogP contribution < -0.4 is 10.1 Å². The van der Waals surface area contributed by atoms with E-state index in [1.165, 1.54) is 17.4 Å². The summed E-state index contributed by atoms with van der Waals surface area (Å²) in [6, 6.07) is 5.44. The summed E-state index contributed by atoms with van der Waals surface area (Å²) in [6.45, 7) is 5.13. The third-order valence-corrected chi connectivity index (χ3v) is 3.32. The molecular weight excluding hydrogens is 263 g/mol. The minimum absolute atomic E-state index is 0.279. The molecule has 5 heteroatoms. The van der Waals surface area contributed by atoms with Crippen molar-refractivity contribution in [3.05, 3.63) is 46.2 Å². The van der Waals surface area contributed by atoms with Crippen molar-refractivity contribution in [2.45, 2.75) is 33.0 Å². The summed E-state index contributed by atoms with van der Waals surface area (Å²) in [7, 11) is 0. The molecule has 0 saturated carbocycles. The van der Waals surface area contributed by atoms with Crippen LogP contribution >= 0.6 is 11.3 Å². The van der Waals surface area contributed by atoms with Crippen molar-refractivity contribution in [2.75, 3.05) is 0 Å². The molecular formula is C14H17FN2OS. The van der Waals surface area contributed by atoms with Crippen LogP contribution in [0.1, 0.15) is 24.3 Å². The number of aromatic nitrogens is 1. The van der Waals surface area contributed by atoms with Crippen LogP contribution in [0, 0.1) is 5.82 Å². The lowest BCUT2D eigenvalue weighted by molar-refractivity contribution is 0.293. The van der Waals surface area contributed by atoms with Crippen molar-refractivity contribution in [1.29, 1.82) is 0 Å². The Morgan fingerprint density at radius 2 is 2.26 bits per heavy atom. The summed E-state index contributed by atoms with van der Waals surface area (Å²) in [5, 5.41) is 3.25. The number of nitrogens with one attached hydrogen (secondary N) is 1. The third kappa shape index (κ3) is 4.29. The third-order valence-electron chi connectivity index (χ3n) is 2.56. The van der Waals surface area contributed by atoms with E-state index in [1.807, 2.05) is 6.07 Å². The molecule has 0 spiro atoms. The maximum Gasteiger partial charge on any atom is 0.165 e. The van der Waals surface area contributed by atoms with Crippen LogP contribution in [0.3, 0.4) is 0 Å². The fraction of sp³-hybridized carbons (Fsp3) is 0.357. The summed E-state index contributed by atoms with van der Waals surface area (Å²) >= 11 is 1.49. The number of hydrogen-bond donors (Lipinski definition) is 1. The molecule has 19 heavy (non-hydrogen) atoms. The van der Waals surface area contributed by atoms with Crippen LogP contribution in [0.25, 0.3) is 0 Å². The van der Waals surface area contributed by atoms with Gasteiger partial charge in [0.1, 0.15) is 6.61 Å². The molecule has 0 radical (unpaired) electrons. The lowest BCUT2D eigenvalue weighted by Crippen LogP contribution is -2.21. The number of hydrogen-bond acceptors (Lipinski definition) is 4. The molecule has 1 N–H and O–H groups in total. The lowest BCUT2D eigenvalue weighted by Gasteiger charge is -2.10. The van der Waals surface area contributed by atoms with Crippen molar-refractivity contribution in [3.63, 3.8) is 0 Å². The fourth-order valence-corrected chi connectivity index (χ4v) is 2.06.